The lowest BCUT2D eigenvalue weighted by atomic mass is 10.0. The number of aliphatic hydroxyl groups is 1. The second-order valence-electron chi connectivity index (χ2n) is 13.7. The summed E-state index contributed by atoms with van der Waals surface area (Å²) in [5.74, 6) is 0.272. The molecule has 4 rings (SSSR count). The van der Waals surface area contributed by atoms with E-state index in [4.69, 9.17) is 33.7 Å². The first-order chi connectivity index (χ1) is 24.8. The Morgan fingerprint density at radius 2 is 1.75 bits per heavy atom. The molecule has 0 radical (unpaired) electrons. The smallest absolute Gasteiger partial charge is 0.407 e. The molecule has 2 fully saturated rings. The largest absolute Gasteiger partial charge is 0.481 e. The van der Waals surface area contributed by atoms with Crippen LogP contribution in [0.5, 0.6) is 5.75 Å². The van der Waals surface area contributed by atoms with Gasteiger partial charge < -0.3 is 44.2 Å². The highest BCUT2D eigenvalue weighted by Gasteiger charge is 2.44. The number of aliphatic hydroxyl groups excluding tert-OH is 1. The van der Waals surface area contributed by atoms with Crippen molar-refractivity contribution >= 4 is 29.4 Å². The van der Waals surface area contributed by atoms with Crippen molar-refractivity contribution in [1.29, 1.82) is 0 Å². The summed E-state index contributed by atoms with van der Waals surface area (Å²) < 4.78 is 76.1. The number of nitrogens with two attached hydrogens (primary N) is 1. The van der Waals surface area contributed by atoms with E-state index in [9.17, 15) is 22.9 Å². The van der Waals surface area contributed by atoms with Crippen molar-refractivity contribution in [2.75, 3.05) is 51.6 Å². The zero-order valence-corrected chi connectivity index (χ0v) is 32.4. The normalized spacial score (nSPS) is 20.2. The van der Waals surface area contributed by atoms with Gasteiger partial charge in [-0.3, -0.25) is 4.57 Å². The number of nitrogens with one attached hydrogen (secondary N) is 1. The molecule has 2 aliphatic heterocycles. The predicted molar refractivity (Wildman–Crippen MR) is 196 cm³/mol. The fourth-order valence-corrected chi connectivity index (χ4v) is 8.95. The van der Waals surface area contributed by atoms with E-state index in [2.05, 4.69) is 5.32 Å². The maximum atomic E-state index is 13.8. The van der Waals surface area contributed by atoms with Crippen LogP contribution in [0, 0.1) is 11.8 Å². The van der Waals surface area contributed by atoms with Gasteiger partial charge in [-0.2, -0.15) is 4.31 Å². The lowest BCUT2D eigenvalue weighted by molar-refractivity contribution is -0.0907. The zero-order valence-electron chi connectivity index (χ0n) is 30.7. The number of alkyl carbamates (subject to hydrolysis) is 1. The summed E-state index contributed by atoms with van der Waals surface area (Å²) >= 11 is 0. The predicted octanol–water partition coefficient (Wildman–Crippen LogP) is 5.54. The van der Waals surface area contributed by atoms with Gasteiger partial charge in [-0.1, -0.05) is 58.7 Å². The third-order valence-corrected chi connectivity index (χ3v) is 12.2. The first-order valence-electron chi connectivity index (χ1n) is 18.2. The van der Waals surface area contributed by atoms with E-state index in [-0.39, 0.29) is 49.2 Å². The molecule has 14 nitrogen and oxygen atoms in total. The van der Waals surface area contributed by atoms with Crippen LogP contribution in [0.15, 0.2) is 53.4 Å². The van der Waals surface area contributed by atoms with Gasteiger partial charge in [0.05, 0.1) is 49.4 Å². The zero-order chi connectivity index (χ0) is 37.7. The van der Waals surface area contributed by atoms with Gasteiger partial charge in [-0.15, -0.1) is 0 Å². The summed E-state index contributed by atoms with van der Waals surface area (Å²) in [5.41, 5.74) is 6.90. The van der Waals surface area contributed by atoms with E-state index in [1.807, 2.05) is 27.7 Å². The number of rotatable bonds is 22. The molecule has 0 aliphatic carbocycles. The summed E-state index contributed by atoms with van der Waals surface area (Å²) in [4.78, 5) is 13.3. The number of hydrogen-bond acceptors (Lipinski definition) is 12. The number of nitrogen functional groups attached to an aromatic ring is 1. The maximum absolute atomic E-state index is 13.8. The number of benzene rings is 2. The Hall–Kier alpha value is -2.75. The molecule has 0 unspecified atom stereocenters. The average Bonchev–Trinajstić information content (AvgIpc) is 3.73. The number of amides is 1. The molecule has 2 saturated heterocycles. The van der Waals surface area contributed by atoms with Crippen LogP contribution < -0.4 is 15.8 Å². The van der Waals surface area contributed by atoms with Gasteiger partial charge in [-0.25, -0.2) is 13.2 Å². The van der Waals surface area contributed by atoms with Gasteiger partial charge in [0.25, 0.3) is 0 Å². The fourth-order valence-electron chi connectivity index (χ4n) is 5.93. The Balaban J connectivity index is 1.49. The second kappa shape index (κ2) is 20.1. The van der Waals surface area contributed by atoms with Crippen molar-refractivity contribution in [2.45, 2.75) is 95.7 Å². The second-order valence-corrected chi connectivity index (χ2v) is 17.6. The number of sulfonamides is 1. The number of ether oxygens (including phenoxy) is 4. The Morgan fingerprint density at radius 3 is 2.38 bits per heavy atom. The molecule has 2 aromatic carbocycles. The molecule has 0 spiro atoms. The third kappa shape index (κ3) is 12.4. The summed E-state index contributed by atoms with van der Waals surface area (Å²) in [5, 5.41) is 14.4. The highest BCUT2D eigenvalue weighted by molar-refractivity contribution is 7.89. The lowest BCUT2D eigenvalue weighted by Gasteiger charge is -2.31. The van der Waals surface area contributed by atoms with Crippen LogP contribution in [-0.2, 0) is 44.3 Å². The van der Waals surface area contributed by atoms with Crippen LogP contribution >= 0.6 is 7.60 Å². The van der Waals surface area contributed by atoms with Gasteiger partial charge in [0.2, 0.25) is 10.0 Å². The Labute approximate surface area is 308 Å². The van der Waals surface area contributed by atoms with Crippen LogP contribution in [-0.4, -0.2) is 94.3 Å². The molecule has 16 heteroatoms. The number of fused-ring (bicyclic) bond motifs is 1. The number of anilines is 1. The van der Waals surface area contributed by atoms with Crippen LogP contribution in [0.3, 0.4) is 0 Å². The van der Waals surface area contributed by atoms with Crippen molar-refractivity contribution in [3.8, 4) is 5.75 Å². The highest BCUT2D eigenvalue weighted by atomic mass is 32.2. The van der Waals surface area contributed by atoms with Crippen molar-refractivity contribution in [3.63, 3.8) is 0 Å². The minimum absolute atomic E-state index is 0.00509. The van der Waals surface area contributed by atoms with Gasteiger partial charge in [0.15, 0.2) is 12.6 Å². The third-order valence-electron chi connectivity index (χ3n) is 8.81. The van der Waals surface area contributed by atoms with Crippen molar-refractivity contribution < 1.29 is 50.9 Å². The molecular weight excluding hydrogens is 713 g/mol. The Morgan fingerprint density at radius 1 is 1.06 bits per heavy atom. The molecule has 4 N–H and O–H groups in total. The van der Waals surface area contributed by atoms with Gasteiger partial charge in [0.1, 0.15) is 11.9 Å². The molecule has 2 aromatic rings. The van der Waals surface area contributed by atoms with Crippen molar-refractivity contribution in [3.05, 3.63) is 54.1 Å². The van der Waals surface area contributed by atoms with Gasteiger partial charge in [0, 0.05) is 18.8 Å². The quantitative estimate of drug-likeness (QED) is 0.0773. The number of carbonyl (C=O) groups is 1. The molecule has 52 heavy (non-hydrogen) atoms. The highest BCUT2D eigenvalue weighted by Crippen LogP contribution is 2.48. The molecule has 1 amide bonds. The van der Waals surface area contributed by atoms with Crippen LogP contribution in [0.25, 0.3) is 0 Å². The monoisotopic (exact) mass is 769 g/mol. The summed E-state index contributed by atoms with van der Waals surface area (Å²) in [6.45, 7) is 8.91. The first-order valence-corrected chi connectivity index (χ1v) is 21.3. The number of carbonyl (C=O) groups excluding carboxylic acids is 1. The topological polar surface area (TPSA) is 185 Å². The van der Waals surface area contributed by atoms with Crippen molar-refractivity contribution in [2.24, 2.45) is 11.8 Å². The molecule has 292 valence electrons. The summed E-state index contributed by atoms with van der Waals surface area (Å²) in [6.07, 6.45) is 0.799. The Bertz CT molecular complexity index is 1550. The molecule has 0 saturated carbocycles. The van der Waals surface area contributed by atoms with Crippen LogP contribution in [0.2, 0.25) is 0 Å². The molecule has 0 bridgehead atoms. The minimum Gasteiger partial charge on any atom is -0.481 e. The van der Waals surface area contributed by atoms with E-state index in [1.165, 1.54) is 16.4 Å². The SMILES string of the molecule is CCCCOP(=O)(COc1ccc(C[C@H](NC(=O)O[C@H]2CO[C@H]3OCC[C@H]32)[C@H](O)CN(CC(C)C)S(=O)(=O)c2cccc(N)c2)cc1)OCCCC. The summed E-state index contributed by atoms with van der Waals surface area (Å²) in [7, 11) is -7.54. The minimum atomic E-state index is -4.06. The average molecular weight is 770 g/mol. The summed E-state index contributed by atoms with van der Waals surface area (Å²) in [6, 6.07) is 11.9. The van der Waals surface area contributed by atoms with E-state index < -0.39 is 48.3 Å². The first kappa shape index (κ1) is 42.0. The lowest BCUT2D eigenvalue weighted by Crippen LogP contribution is -2.51. The van der Waals surface area contributed by atoms with Gasteiger partial charge >= 0.3 is 13.7 Å². The fraction of sp³-hybridized carbons (Fsp3) is 0.639. The number of unbranched alkanes of at least 4 members (excludes halogenated alkanes) is 2. The van der Waals surface area contributed by atoms with E-state index in [1.54, 1.807) is 36.4 Å². The van der Waals surface area contributed by atoms with E-state index in [0.29, 0.717) is 43.2 Å². The molecule has 2 aliphatic rings. The van der Waals surface area contributed by atoms with Crippen molar-refractivity contribution in [1.82, 2.24) is 9.62 Å². The molecule has 0 aromatic heterocycles. The van der Waals surface area contributed by atoms with Crippen LogP contribution in [0.1, 0.15) is 65.4 Å². The van der Waals surface area contributed by atoms with E-state index in [0.717, 1.165) is 25.7 Å². The number of hydrogen-bond donors (Lipinski definition) is 3. The Kier molecular flexibility index (Phi) is 16.2. The molecule has 2 heterocycles. The van der Waals surface area contributed by atoms with Gasteiger partial charge in [-0.05, 0) is 67.5 Å². The van der Waals surface area contributed by atoms with Crippen LogP contribution in [0.4, 0.5) is 10.5 Å². The molecular formula is C36H56N3O11PS. The van der Waals surface area contributed by atoms with E-state index >= 15 is 0 Å². The maximum Gasteiger partial charge on any atom is 0.407 e. The molecule has 5 atom stereocenters. The number of nitrogens with zero attached hydrogens (tertiary/aromatic N) is 1. The standard InChI is InChI=1S/C36H56N3O11PS/c1-5-7-17-48-51(42,49-18-8-6-2)25-47-29-14-12-27(13-15-29)20-32(38-36(41)50-34-24-46-35-31(34)16-19-45-35)33(40)23-39(22-26(3)4)52(43,44)30-11-9-10-28(37)21-30/h9-15,21,26,31-35,40H,5-8,16-20,22-25,37H2,1-4H3,(H,38,41)/t31-,32-,33+,34-,35+/m0/s1.